The van der Waals surface area contributed by atoms with Crippen LogP contribution in [0.5, 0.6) is 0 Å². The molecule has 0 fully saturated rings. The molecule has 0 aliphatic carbocycles. The number of hydrogen-bond donors (Lipinski definition) is 1. The fraction of sp³-hybridized carbons (Fsp3) is 0.400. The van der Waals surface area contributed by atoms with Crippen LogP contribution >= 0.6 is 0 Å². The van der Waals surface area contributed by atoms with Crippen molar-refractivity contribution in [2.45, 2.75) is 20.8 Å². The maximum Gasteiger partial charge on any atom is 0.186 e. The zero-order valence-electron chi connectivity index (χ0n) is 8.95. The van der Waals surface area contributed by atoms with Gasteiger partial charge in [0.2, 0.25) is 0 Å². The number of nitrogens with zero attached hydrogens (tertiary/aromatic N) is 2. The molecule has 0 amide bonds. The third-order valence-electron chi connectivity index (χ3n) is 1.38. The van der Waals surface area contributed by atoms with E-state index in [1.165, 1.54) is 0 Å². The van der Waals surface area contributed by atoms with Crippen molar-refractivity contribution in [3.8, 4) is 0 Å². The lowest BCUT2D eigenvalue weighted by atomic mass is 10.2. The van der Waals surface area contributed by atoms with Crippen molar-refractivity contribution in [3.63, 3.8) is 0 Å². The van der Waals surface area contributed by atoms with Crippen molar-refractivity contribution in [2.75, 3.05) is 12.3 Å². The number of nitrogens with two attached hydrogens (primary N) is 1. The van der Waals surface area contributed by atoms with E-state index in [0.717, 1.165) is 0 Å². The number of anilines is 1. The van der Waals surface area contributed by atoms with Gasteiger partial charge < -0.3 is 10.3 Å². The van der Waals surface area contributed by atoms with Gasteiger partial charge in [-0.15, -0.1) is 0 Å². The lowest BCUT2D eigenvalue weighted by Crippen LogP contribution is -1.88. The summed E-state index contributed by atoms with van der Waals surface area (Å²) in [5.41, 5.74) is 6.19. The Morgan fingerprint density at radius 3 is 2.71 bits per heavy atom. The van der Waals surface area contributed by atoms with Crippen molar-refractivity contribution in [2.24, 2.45) is 4.99 Å². The predicted molar refractivity (Wildman–Crippen MR) is 60.5 cm³/mol. The topological polar surface area (TPSA) is 64.4 Å². The maximum atomic E-state index is 5.49. The molecular formula is C10H17N3O. The summed E-state index contributed by atoms with van der Waals surface area (Å²) in [6.45, 7) is 10.2. The van der Waals surface area contributed by atoms with Gasteiger partial charge in [0.05, 0.1) is 11.8 Å². The molecule has 0 atom stereocenters. The van der Waals surface area contributed by atoms with E-state index in [1.807, 2.05) is 20.8 Å². The summed E-state index contributed by atoms with van der Waals surface area (Å²) in [7, 11) is 0. The molecule has 4 heteroatoms. The number of aliphatic imine (C=N–C) groups is 1. The number of rotatable bonds is 3. The first-order valence-corrected chi connectivity index (χ1v) is 4.67. The minimum absolute atomic E-state index is 0.350. The van der Waals surface area contributed by atoms with E-state index in [-0.39, 0.29) is 0 Å². The van der Waals surface area contributed by atoms with Crippen LogP contribution in [-0.4, -0.2) is 17.9 Å². The third kappa shape index (κ3) is 3.05. The molecule has 0 unspecified atom stereocenters. The summed E-state index contributed by atoms with van der Waals surface area (Å²) in [6.07, 6.45) is 3.20. The second-order valence-electron chi connectivity index (χ2n) is 2.18. The van der Waals surface area contributed by atoms with Crippen LogP contribution < -0.4 is 5.73 Å². The predicted octanol–water partition coefficient (Wildman–Crippen LogP) is 2.36. The van der Waals surface area contributed by atoms with Gasteiger partial charge in [-0.1, -0.05) is 31.7 Å². The molecule has 0 bridgehead atoms. The van der Waals surface area contributed by atoms with E-state index in [0.29, 0.717) is 23.7 Å². The van der Waals surface area contributed by atoms with E-state index in [4.69, 9.17) is 10.3 Å². The molecule has 0 spiro atoms. The minimum atomic E-state index is 0.350. The Balaban J connectivity index is 0.000000791. The summed E-state index contributed by atoms with van der Waals surface area (Å²) < 4.78 is 4.89. The Morgan fingerprint density at radius 2 is 2.21 bits per heavy atom. The highest BCUT2D eigenvalue weighted by Crippen LogP contribution is 2.15. The van der Waals surface area contributed by atoms with Crippen molar-refractivity contribution >= 4 is 18.1 Å². The normalized spacial score (nSPS) is 9.64. The zero-order chi connectivity index (χ0) is 11.0. The highest BCUT2D eigenvalue weighted by Gasteiger charge is 2.06. The maximum absolute atomic E-state index is 5.49. The lowest BCUT2D eigenvalue weighted by molar-refractivity contribution is 0.418. The van der Waals surface area contributed by atoms with Crippen molar-refractivity contribution < 1.29 is 4.52 Å². The van der Waals surface area contributed by atoms with Gasteiger partial charge in [0, 0.05) is 6.54 Å². The summed E-state index contributed by atoms with van der Waals surface area (Å²) >= 11 is 0. The molecule has 2 N–H and O–H groups in total. The van der Waals surface area contributed by atoms with Crippen LogP contribution in [0.2, 0.25) is 0 Å². The molecule has 1 heterocycles. The van der Waals surface area contributed by atoms with Crippen LogP contribution in [0.15, 0.2) is 16.1 Å². The Labute approximate surface area is 84.5 Å². The van der Waals surface area contributed by atoms with Gasteiger partial charge >= 0.3 is 0 Å². The largest absolute Gasteiger partial charge is 0.380 e. The first kappa shape index (κ1) is 12.4. The average Bonchev–Trinajstić information content (AvgIpc) is 2.59. The molecule has 0 aliphatic heterocycles. The van der Waals surface area contributed by atoms with Crippen molar-refractivity contribution in [1.29, 1.82) is 0 Å². The van der Waals surface area contributed by atoms with Gasteiger partial charge in [-0.25, -0.2) is 0 Å². The molecular weight excluding hydrogens is 178 g/mol. The quantitative estimate of drug-likeness (QED) is 0.753. The van der Waals surface area contributed by atoms with E-state index >= 15 is 0 Å². The summed E-state index contributed by atoms with van der Waals surface area (Å²) in [6, 6.07) is 0. The van der Waals surface area contributed by atoms with E-state index in [2.05, 4.69) is 16.7 Å². The van der Waals surface area contributed by atoms with Crippen LogP contribution in [0.25, 0.3) is 6.08 Å². The first-order valence-electron chi connectivity index (χ1n) is 4.67. The van der Waals surface area contributed by atoms with Gasteiger partial charge in [-0.05, 0) is 6.92 Å². The highest BCUT2D eigenvalue weighted by atomic mass is 16.5. The molecule has 14 heavy (non-hydrogen) atoms. The van der Waals surface area contributed by atoms with Gasteiger partial charge in [0.25, 0.3) is 0 Å². The standard InChI is InChI=1S/C8H11N3O.C2H6/c1-3-6-7(5-10-4-2)12-11-8(6)9;1-2/h3,5H,1,4H2,2H3,(H2,9,11);1-2H3. The van der Waals surface area contributed by atoms with E-state index in [9.17, 15) is 0 Å². The summed E-state index contributed by atoms with van der Waals surface area (Å²) in [5, 5.41) is 3.58. The van der Waals surface area contributed by atoms with Crippen LogP contribution in [0.3, 0.4) is 0 Å². The molecule has 1 aromatic heterocycles. The minimum Gasteiger partial charge on any atom is -0.380 e. The Hall–Kier alpha value is -1.58. The number of nitrogen functional groups attached to an aromatic ring is 1. The SMILES string of the molecule is C=Cc1c(N)noc1C=NCC.CC. The lowest BCUT2D eigenvalue weighted by Gasteiger charge is -1.86. The summed E-state index contributed by atoms with van der Waals surface area (Å²) in [4.78, 5) is 4.00. The molecule has 0 aliphatic rings. The molecule has 0 radical (unpaired) electrons. The second-order valence-corrected chi connectivity index (χ2v) is 2.18. The van der Waals surface area contributed by atoms with Crippen LogP contribution in [0.1, 0.15) is 32.1 Å². The Bertz CT molecular complexity index is 302. The molecule has 0 saturated carbocycles. The fourth-order valence-electron chi connectivity index (χ4n) is 0.795. The third-order valence-corrected chi connectivity index (χ3v) is 1.38. The monoisotopic (exact) mass is 195 g/mol. The molecule has 0 aromatic carbocycles. The molecule has 78 valence electrons. The zero-order valence-corrected chi connectivity index (χ0v) is 8.95. The second kappa shape index (κ2) is 6.88. The van der Waals surface area contributed by atoms with E-state index < -0.39 is 0 Å². The fourth-order valence-corrected chi connectivity index (χ4v) is 0.795. The van der Waals surface area contributed by atoms with Gasteiger partial charge in [-0.2, -0.15) is 0 Å². The van der Waals surface area contributed by atoms with Crippen LogP contribution in [-0.2, 0) is 0 Å². The summed E-state index contributed by atoms with van der Waals surface area (Å²) in [5.74, 6) is 0.909. The molecule has 0 saturated heterocycles. The first-order chi connectivity index (χ1) is 6.79. The van der Waals surface area contributed by atoms with Crippen molar-refractivity contribution in [1.82, 2.24) is 5.16 Å². The smallest absolute Gasteiger partial charge is 0.186 e. The van der Waals surface area contributed by atoms with Gasteiger partial charge in [0.15, 0.2) is 11.6 Å². The number of hydrogen-bond acceptors (Lipinski definition) is 4. The average molecular weight is 195 g/mol. The van der Waals surface area contributed by atoms with Crippen LogP contribution in [0.4, 0.5) is 5.82 Å². The van der Waals surface area contributed by atoms with Gasteiger partial charge in [-0.3, -0.25) is 4.99 Å². The molecule has 4 nitrogen and oxygen atoms in total. The van der Waals surface area contributed by atoms with Gasteiger partial charge in [0.1, 0.15) is 0 Å². The van der Waals surface area contributed by atoms with E-state index in [1.54, 1.807) is 12.3 Å². The van der Waals surface area contributed by atoms with Crippen LogP contribution in [0, 0.1) is 0 Å². The highest BCUT2D eigenvalue weighted by molar-refractivity contribution is 5.84. The molecule has 1 aromatic rings. The Kier molecular flexibility index (Phi) is 6.11. The number of aromatic nitrogens is 1. The molecule has 1 rings (SSSR count). The van der Waals surface area contributed by atoms with Crippen molar-refractivity contribution in [3.05, 3.63) is 17.9 Å². The Morgan fingerprint density at radius 1 is 1.57 bits per heavy atom.